The number of halogens is 1. The van der Waals surface area contributed by atoms with Gasteiger partial charge in [0.25, 0.3) is 0 Å². The maximum Gasteiger partial charge on any atom is 0.224 e. The van der Waals surface area contributed by atoms with Crippen molar-refractivity contribution in [3.63, 3.8) is 0 Å². The van der Waals surface area contributed by atoms with E-state index in [1.807, 2.05) is 62.4 Å². The third-order valence-corrected chi connectivity index (χ3v) is 3.32. The molecule has 0 bridgehead atoms. The number of hydrogen-bond donors (Lipinski definition) is 1. The summed E-state index contributed by atoms with van der Waals surface area (Å²) in [7, 11) is 0. The second-order valence-electron chi connectivity index (χ2n) is 5.37. The summed E-state index contributed by atoms with van der Waals surface area (Å²) in [6, 6.07) is 14.9. The van der Waals surface area contributed by atoms with Gasteiger partial charge in [-0.2, -0.15) is 0 Å². The molecule has 0 fully saturated rings. The summed E-state index contributed by atoms with van der Waals surface area (Å²) in [5, 5.41) is 3.59. The molecule has 0 aromatic heterocycles. The number of benzene rings is 2. The Morgan fingerprint density at radius 3 is 2.32 bits per heavy atom. The van der Waals surface area contributed by atoms with E-state index in [1.165, 1.54) is 0 Å². The average Bonchev–Trinajstić information content (AvgIpc) is 2.48. The van der Waals surface area contributed by atoms with Crippen LogP contribution in [0.5, 0.6) is 5.75 Å². The molecule has 0 aliphatic heterocycles. The molecule has 0 saturated carbocycles. The van der Waals surface area contributed by atoms with Crippen LogP contribution < -0.4 is 10.1 Å². The van der Waals surface area contributed by atoms with E-state index in [-0.39, 0.29) is 12.0 Å². The van der Waals surface area contributed by atoms with Crippen LogP contribution in [0.1, 0.15) is 25.8 Å². The fourth-order valence-corrected chi connectivity index (χ4v) is 2.15. The van der Waals surface area contributed by atoms with Gasteiger partial charge in [-0.1, -0.05) is 23.7 Å². The monoisotopic (exact) mass is 317 g/mol. The van der Waals surface area contributed by atoms with E-state index in [0.29, 0.717) is 17.9 Å². The molecule has 0 aliphatic carbocycles. The van der Waals surface area contributed by atoms with Crippen molar-refractivity contribution in [2.24, 2.45) is 0 Å². The van der Waals surface area contributed by atoms with Crippen molar-refractivity contribution in [1.82, 2.24) is 0 Å². The molecule has 2 aromatic carbocycles. The van der Waals surface area contributed by atoms with E-state index >= 15 is 0 Å². The van der Waals surface area contributed by atoms with Crippen LogP contribution in [0.25, 0.3) is 0 Å². The molecule has 3 nitrogen and oxygen atoms in total. The number of rotatable bonds is 6. The lowest BCUT2D eigenvalue weighted by Crippen LogP contribution is -2.12. The fourth-order valence-electron chi connectivity index (χ4n) is 2.02. The highest BCUT2D eigenvalue weighted by molar-refractivity contribution is 6.30. The first-order valence-electron chi connectivity index (χ1n) is 7.34. The maximum atomic E-state index is 11.9. The third kappa shape index (κ3) is 5.41. The molecule has 2 rings (SSSR count). The van der Waals surface area contributed by atoms with Gasteiger partial charge in [-0.05, 0) is 62.2 Å². The Hall–Kier alpha value is -2.00. The Morgan fingerprint density at radius 2 is 1.73 bits per heavy atom. The van der Waals surface area contributed by atoms with Crippen LogP contribution in [-0.4, -0.2) is 12.0 Å². The zero-order valence-electron chi connectivity index (χ0n) is 12.8. The number of ether oxygens (including phenoxy) is 1. The normalized spacial score (nSPS) is 10.5. The standard InChI is InChI=1S/C18H20ClNO2/c1-13(2)22-17-10-8-16(9-11-17)20-18(21)12-5-14-3-6-15(19)7-4-14/h3-4,6-11,13H,5,12H2,1-2H3,(H,20,21). The highest BCUT2D eigenvalue weighted by Gasteiger charge is 2.04. The Morgan fingerprint density at radius 1 is 1.09 bits per heavy atom. The number of carbonyl (C=O) groups is 1. The highest BCUT2D eigenvalue weighted by atomic mass is 35.5. The molecule has 22 heavy (non-hydrogen) atoms. The van der Waals surface area contributed by atoms with Crippen molar-refractivity contribution >= 4 is 23.2 Å². The van der Waals surface area contributed by atoms with Crippen molar-refractivity contribution in [3.05, 3.63) is 59.1 Å². The molecule has 0 radical (unpaired) electrons. The predicted octanol–water partition coefficient (Wildman–Crippen LogP) is 4.70. The molecular formula is C18H20ClNO2. The number of aryl methyl sites for hydroxylation is 1. The molecule has 0 unspecified atom stereocenters. The van der Waals surface area contributed by atoms with Crippen LogP contribution in [0.15, 0.2) is 48.5 Å². The van der Waals surface area contributed by atoms with Crippen LogP contribution in [0.4, 0.5) is 5.69 Å². The van der Waals surface area contributed by atoms with E-state index in [0.717, 1.165) is 17.0 Å². The van der Waals surface area contributed by atoms with Crippen LogP contribution in [0, 0.1) is 0 Å². The molecule has 0 spiro atoms. The van der Waals surface area contributed by atoms with E-state index < -0.39 is 0 Å². The smallest absolute Gasteiger partial charge is 0.224 e. The SMILES string of the molecule is CC(C)Oc1ccc(NC(=O)CCc2ccc(Cl)cc2)cc1. The zero-order valence-corrected chi connectivity index (χ0v) is 13.6. The molecule has 116 valence electrons. The third-order valence-electron chi connectivity index (χ3n) is 3.06. The summed E-state index contributed by atoms with van der Waals surface area (Å²) in [5.41, 5.74) is 1.87. The highest BCUT2D eigenvalue weighted by Crippen LogP contribution is 2.17. The first kappa shape index (κ1) is 16.4. The molecule has 0 atom stereocenters. The molecular weight excluding hydrogens is 298 g/mol. The lowest BCUT2D eigenvalue weighted by atomic mass is 10.1. The minimum absolute atomic E-state index is 0.00696. The minimum atomic E-state index is -0.00696. The van der Waals surface area contributed by atoms with Crippen LogP contribution in [-0.2, 0) is 11.2 Å². The minimum Gasteiger partial charge on any atom is -0.491 e. The summed E-state index contributed by atoms with van der Waals surface area (Å²) >= 11 is 5.84. The van der Waals surface area contributed by atoms with Gasteiger partial charge >= 0.3 is 0 Å². The number of carbonyl (C=O) groups excluding carboxylic acids is 1. The van der Waals surface area contributed by atoms with Gasteiger partial charge in [-0.3, -0.25) is 4.79 Å². The first-order valence-corrected chi connectivity index (χ1v) is 7.72. The number of nitrogens with one attached hydrogen (secondary N) is 1. The number of amides is 1. The second-order valence-corrected chi connectivity index (χ2v) is 5.80. The first-order chi connectivity index (χ1) is 10.5. The number of anilines is 1. The van der Waals surface area contributed by atoms with Crippen molar-refractivity contribution in [3.8, 4) is 5.75 Å². The summed E-state index contributed by atoms with van der Waals surface area (Å²) in [4.78, 5) is 11.9. The van der Waals surface area contributed by atoms with E-state index in [4.69, 9.17) is 16.3 Å². The Labute approximate surface area is 136 Å². The lowest BCUT2D eigenvalue weighted by Gasteiger charge is -2.10. The van der Waals surface area contributed by atoms with E-state index in [1.54, 1.807) is 0 Å². The molecule has 4 heteroatoms. The molecule has 0 heterocycles. The topological polar surface area (TPSA) is 38.3 Å². The van der Waals surface area contributed by atoms with E-state index in [9.17, 15) is 4.79 Å². The average molecular weight is 318 g/mol. The maximum absolute atomic E-state index is 11.9. The van der Waals surface area contributed by atoms with Crippen molar-refractivity contribution in [2.45, 2.75) is 32.8 Å². The van der Waals surface area contributed by atoms with Crippen molar-refractivity contribution in [2.75, 3.05) is 5.32 Å². The summed E-state index contributed by atoms with van der Waals surface area (Å²) in [6.07, 6.45) is 1.27. The second kappa shape index (κ2) is 7.85. The molecule has 1 amide bonds. The summed E-state index contributed by atoms with van der Waals surface area (Å²) in [6.45, 7) is 3.96. The zero-order chi connectivity index (χ0) is 15.9. The molecule has 0 aliphatic rings. The summed E-state index contributed by atoms with van der Waals surface area (Å²) < 4.78 is 5.57. The molecule has 1 N–H and O–H groups in total. The van der Waals surface area contributed by atoms with Gasteiger partial charge in [0.2, 0.25) is 5.91 Å². The fraction of sp³-hybridized carbons (Fsp3) is 0.278. The largest absolute Gasteiger partial charge is 0.491 e. The summed E-state index contributed by atoms with van der Waals surface area (Å²) in [5.74, 6) is 0.793. The Bertz CT molecular complexity index is 606. The van der Waals surface area contributed by atoms with Crippen LogP contribution in [0.3, 0.4) is 0 Å². The van der Waals surface area contributed by atoms with Gasteiger partial charge in [-0.25, -0.2) is 0 Å². The van der Waals surface area contributed by atoms with Crippen LogP contribution in [0.2, 0.25) is 5.02 Å². The lowest BCUT2D eigenvalue weighted by molar-refractivity contribution is -0.116. The van der Waals surface area contributed by atoms with Gasteiger partial charge < -0.3 is 10.1 Å². The van der Waals surface area contributed by atoms with Gasteiger partial charge in [0.1, 0.15) is 5.75 Å². The van der Waals surface area contributed by atoms with Gasteiger partial charge in [0.05, 0.1) is 6.10 Å². The Kier molecular flexibility index (Phi) is 5.84. The molecule has 0 saturated heterocycles. The van der Waals surface area contributed by atoms with Crippen molar-refractivity contribution < 1.29 is 9.53 Å². The van der Waals surface area contributed by atoms with Crippen molar-refractivity contribution in [1.29, 1.82) is 0 Å². The Balaban J connectivity index is 1.82. The van der Waals surface area contributed by atoms with Gasteiger partial charge in [-0.15, -0.1) is 0 Å². The van der Waals surface area contributed by atoms with Gasteiger partial charge in [0.15, 0.2) is 0 Å². The molecule has 2 aromatic rings. The quantitative estimate of drug-likeness (QED) is 0.838. The number of hydrogen-bond acceptors (Lipinski definition) is 2. The van der Waals surface area contributed by atoms with Gasteiger partial charge in [0, 0.05) is 17.1 Å². The van der Waals surface area contributed by atoms with Crippen LogP contribution >= 0.6 is 11.6 Å². The predicted molar refractivity (Wildman–Crippen MR) is 90.6 cm³/mol. The van der Waals surface area contributed by atoms with E-state index in [2.05, 4.69) is 5.32 Å².